The van der Waals surface area contributed by atoms with E-state index < -0.39 is 21.2 Å². The molecule has 0 unspecified atom stereocenters. The van der Waals surface area contributed by atoms with Crippen LogP contribution < -0.4 is 10.0 Å². The van der Waals surface area contributed by atoms with Gasteiger partial charge in [-0.2, -0.15) is 0 Å². The van der Waals surface area contributed by atoms with Gasteiger partial charge in [0, 0.05) is 6.92 Å². The first kappa shape index (κ1) is 19.1. The second kappa shape index (κ2) is 7.32. The van der Waals surface area contributed by atoms with Crippen molar-refractivity contribution in [2.24, 2.45) is 0 Å². The van der Waals surface area contributed by atoms with Crippen LogP contribution in [0.1, 0.15) is 41.6 Å². The van der Waals surface area contributed by atoms with Gasteiger partial charge < -0.3 is 10.3 Å². The summed E-state index contributed by atoms with van der Waals surface area (Å²) in [6, 6.07) is 14.3. The number of hydrogen-bond acceptors (Lipinski definition) is 5. The maximum Gasteiger partial charge on any atom is 0.242 e. The number of amides is 2. The van der Waals surface area contributed by atoms with Crippen LogP contribution >= 0.6 is 0 Å². The Balaban J connectivity index is 1.58. The van der Waals surface area contributed by atoms with Crippen LogP contribution in [0.3, 0.4) is 0 Å². The minimum atomic E-state index is -3.67. The molecule has 3 aromatic rings. The molecule has 1 aliphatic rings. The van der Waals surface area contributed by atoms with Crippen LogP contribution in [0, 0.1) is 0 Å². The summed E-state index contributed by atoms with van der Waals surface area (Å²) in [6.45, 7) is 1.45. The number of H-pyrrole nitrogens is 1. The number of para-hydroxylation sites is 2. The fraction of sp³-hybridized carbons (Fsp3) is 0.250. The Morgan fingerprint density at radius 1 is 1.21 bits per heavy atom. The predicted octanol–water partition coefficient (Wildman–Crippen LogP) is 1.87. The van der Waals surface area contributed by atoms with Crippen molar-refractivity contribution in [1.82, 2.24) is 20.0 Å². The molecule has 2 amide bonds. The van der Waals surface area contributed by atoms with E-state index in [0.29, 0.717) is 17.8 Å². The van der Waals surface area contributed by atoms with Crippen molar-refractivity contribution >= 4 is 32.9 Å². The molecule has 2 atom stereocenters. The zero-order valence-electron chi connectivity index (χ0n) is 15.7. The number of fused-ring (bicyclic) bond motifs is 1. The fourth-order valence-electron chi connectivity index (χ4n) is 3.55. The summed E-state index contributed by atoms with van der Waals surface area (Å²) in [5, 5.41) is 2.04. The molecule has 8 nitrogen and oxygen atoms in total. The average molecular weight is 412 g/mol. The first-order chi connectivity index (χ1) is 13.8. The summed E-state index contributed by atoms with van der Waals surface area (Å²) in [5.74, 6) is -0.0120. The molecule has 2 aromatic carbocycles. The van der Waals surface area contributed by atoms with Gasteiger partial charge in [-0.25, -0.2) is 13.4 Å². The lowest BCUT2D eigenvalue weighted by atomic mass is 10.0. The van der Waals surface area contributed by atoms with Crippen LogP contribution in [0.25, 0.3) is 11.0 Å². The van der Waals surface area contributed by atoms with Crippen molar-refractivity contribution in [3.05, 3.63) is 65.5 Å². The molecule has 3 N–H and O–H groups in total. The monoisotopic (exact) mass is 412 g/mol. The molecule has 0 radical (unpaired) electrons. The number of aromatic amines is 1. The van der Waals surface area contributed by atoms with E-state index in [1.54, 1.807) is 12.1 Å². The van der Waals surface area contributed by atoms with Gasteiger partial charge in [-0.05, 0) is 29.7 Å². The second-order valence-electron chi connectivity index (χ2n) is 7.10. The Hall–Kier alpha value is -3.20. The first-order valence-corrected chi connectivity index (χ1v) is 10.7. The van der Waals surface area contributed by atoms with Gasteiger partial charge in [-0.15, -0.1) is 0 Å². The number of hydrogen-bond donors (Lipinski definition) is 3. The van der Waals surface area contributed by atoms with Crippen LogP contribution in [-0.2, 0) is 26.0 Å². The van der Waals surface area contributed by atoms with E-state index in [-0.39, 0.29) is 18.4 Å². The zero-order chi connectivity index (χ0) is 20.6. The Morgan fingerprint density at radius 2 is 1.93 bits per heavy atom. The number of aromatic nitrogens is 2. The van der Waals surface area contributed by atoms with Crippen LogP contribution in [-0.4, -0.2) is 30.2 Å². The van der Waals surface area contributed by atoms with Gasteiger partial charge in [0.2, 0.25) is 21.8 Å². The van der Waals surface area contributed by atoms with E-state index in [1.165, 1.54) is 6.92 Å². The Bertz CT molecular complexity index is 1150. The van der Waals surface area contributed by atoms with Crippen LogP contribution in [0.5, 0.6) is 0 Å². The highest BCUT2D eigenvalue weighted by Crippen LogP contribution is 2.30. The summed E-state index contributed by atoms with van der Waals surface area (Å²) in [4.78, 5) is 31.0. The molecule has 1 aromatic heterocycles. The topological polar surface area (TPSA) is 121 Å². The summed E-state index contributed by atoms with van der Waals surface area (Å²) in [7, 11) is -3.67. The van der Waals surface area contributed by atoms with E-state index in [9.17, 15) is 18.0 Å². The SMILES string of the molecule is CC(=O)N[C@@H](Cc1ccc([C@@H]2CC(=O)NS2(=O)=O)cc1)c1nc2ccccc2[nH]1. The molecule has 150 valence electrons. The third-order valence-electron chi connectivity index (χ3n) is 4.91. The largest absolute Gasteiger partial charge is 0.346 e. The van der Waals surface area contributed by atoms with Crippen molar-refractivity contribution < 1.29 is 18.0 Å². The Labute approximate surface area is 167 Å². The number of carbonyl (C=O) groups is 2. The van der Waals surface area contributed by atoms with Gasteiger partial charge in [0.15, 0.2) is 0 Å². The average Bonchev–Trinajstić information content (AvgIpc) is 3.21. The van der Waals surface area contributed by atoms with E-state index in [2.05, 4.69) is 15.3 Å². The highest BCUT2D eigenvalue weighted by Gasteiger charge is 2.37. The van der Waals surface area contributed by atoms with Crippen LogP contribution in [0.15, 0.2) is 48.5 Å². The molecule has 29 heavy (non-hydrogen) atoms. The molecular formula is C20H20N4O4S. The smallest absolute Gasteiger partial charge is 0.242 e. The molecule has 1 aliphatic heterocycles. The van der Waals surface area contributed by atoms with Crippen LogP contribution in [0.4, 0.5) is 0 Å². The number of benzene rings is 2. The lowest BCUT2D eigenvalue weighted by Crippen LogP contribution is -2.28. The molecule has 2 heterocycles. The lowest BCUT2D eigenvalue weighted by molar-refractivity contribution is -0.120. The molecule has 1 saturated heterocycles. The van der Waals surface area contributed by atoms with E-state index in [0.717, 1.165) is 16.6 Å². The maximum atomic E-state index is 12.0. The number of sulfonamides is 1. The summed E-state index contributed by atoms with van der Waals surface area (Å²) in [6.07, 6.45) is 0.406. The van der Waals surface area contributed by atoms with Crippen LogP contribution in [0.2, 0.25) is 0 Å². The van der Waals surface area contributed by atoms with Gasteiger partial charge in [-0.1, -0.05) is 36.4 Å². The van der Waals surface area contributed by atoms with Crippen molar-refractivity contribution in [2.75, 3.05) is 0 Å². The molecular weight excluding hydrogens is 392 g/mol. The first-order valence-electron chi connectivity index (χ1n) is 9.17. The van der Waals surface area contributed by atoms with Crippen molar-refractivity contribution in [2.45, 2.75) is 31.1 Å². The predicted molar refractivity (Wildman–Crippen MR) is 107 cm³/mol. The van der Waals surface area contributed by atoms with E-state index in [1.807, 2.05) is 41.1 Å². The highest BCUT2D eigenvalue weighted by atomic mass is 32.2. The number of nitrogens with zero attached hydrogens (tertiary/aromatic N) is 1. The standard InChI is InChI=1S/C20H20N4O4S/c1-12(25)21-17(20-22-15-4-2-3-5-16(15)23-20)10-13-6-8-14(9-7-13)18-11-19(26)24-29(18,27)28/h2-9,17-18H,10-11H2,1H3,(H,21,25)(H,22,23)(H,24,26)/t17-,18-/m0/s1. The minimum absolute atomic E-state index is 0.0742. The Morgan fingerprint density at radius 3 is 2.55 bits per heavy atom. The normalized spacial score (nSPS) is 19.1. The molecule has 9 heteroatoms. The van der Waals surface area contributed by atoms with Gasteiger partial charge in [-0.3, -0.25) is 14.3 Å². The van der Waals surface area contributed by atoms with Gasteiger partial charge in [0.05, 0.1) is 23.5 Å². The van der Waals surface area contributed by atoms with Crippen molar-refractivity contribution in [1.29, 1.82) is 0 Å². The van der Waals surface area contributed by atoms with Crippen molar-refractivity contribution in [3.8, 4) is 0 Å². The molecule has 0 saturated carbocycles. The summed E-state index contributed by atoms with van der Waals surface area (Å²) < 4.78 is 26.1. The molecule has 0 aliphatic carbocycles. The van der Waals surface area contributed by atoms with Gasteiger partial charge in [0.25, 0.3) is 0 Å². The van der Waals surface area contributed by atoms with Gasteiger partial charge in [0.1, 0.15) is 11.1 Å². The Kier molecular flexibility index (Phi) is 4.83. The number of imidazole rings is 1. The highest BCUT2D eigenvalue weighted by molar-refractivity contribution is 7.90. The third kappa shape index (κ3) is 4.00. The third-order valence-corrected chi connectivity index (χ3v) is 6.61. The molecule has 0 spiro atoms. The zero-order valence-corrected chi connectivity index (χ0v) is 16.5. The molecule has 1 fully saturated rings. The number of carbonyl (C=O) groups excluding carboxylic acids is 2. The van der Waals surface area contributed by atoms with E-state index in [4.69, 9.17) is 0 Å². The van der Waals surface area contributed by atoms with E-state index >= 15 is 0 Å². The number of nitrogens with one attached hydrogen (secondary N) is 3. The summed E-state index contributed by atoms with van der Waals surface area (Å²) >= 11 is 0. The quantitative estimate of drug-likeness (QED) is 0.591. The maximum absolute atomic E-state index is 12.0. The molecule has 0 bridgehead atoms. The van der Waals surface area contributed by atoms with Crippen molar-refractivity contribution in [3.63, 3.8) is 0 Å². The molecule has 4 rings (SSSR count). The van der Waals surface area contributed by atoms with Gasteiger partial charge >= 0.3 is 0 Å². The second-order valence-corrected chi connectivity index (χ2v) is 8.96. The lowest BCUT2D eigenvalue weighted by Gasteiger charge is -2.16. The summed E-state index contributed by atoms with van der Waals surface area (Å²) in [5.41, 5.74) is 3.17. The minimum Gasteiger partial charge on any atom is -0.346 e. The fourth-order valence-corrected chi connectivity index (χ4v) is 4.98. The number of rotatable bonds is 5.